The number of anilines is 1. The van der Waals surface area contributed by atoms with Crippen LogP contribution >= 0.6 is 15.9 Å². The average Bonchev–Trinajstić information content (AvgIpc) is 3.09. The molecule has 2 heterocycles. The molecule has 1 aromatic rings. The lowest BCUT2D eigenvalue weighted by Gasteiger charge is -2.28. The van der Waals surface area contributed by atoms with Crippen molar-refractivity contribution in [1.29, 1.82) is 0 Å². The third kappa shape index (κ3) is 3.08. The van der Waals surface area contributed by atoms with Crippen LogP contribution in [0.15, 0.2) is 10.7 Å². The van der Waals surface area contributed by atoms with E-state index in [0.29, 0.717) is 12.0 Å². The summed E-state index contributed by atoms with van der Waals surface area (Å²) in [4.78, 5) is 14.0. The fourth-order valence-corrected chi connectivity index (χ4v) is 3.23. The Labute approximate surface area is 123 Å². The SMILES string of the molecule is CN(C)CC1CCCN1c1cc(Br)nc(C2CC2)n1. The van der Waals surface area contributed by atoms with Crippen LogP contribution in [0.2, 0.25) is 0 Å². The van der Waals surface area contributed by atoms with Crippen LogP contribution < -0.4 is 4.90 Å². The maximum Gasteiger partial charge on any atom is 0.135 e. The van der Waals surface area contributed by atoms with Gasteiger partial charge in [-0.25, -0.2) is 9.97 Å². The Morgan fingerprint density at radius 3 is 2.79 bits per heavy atom. The number of hydrogen-bond acceptors (Lipinski definition) is 4. The predicted octanol–water partition coefficient (Wildman–Crippen LogP) is 2.65. The van der Waals surface area contributed by atoms with Crippen molar-refractivity contribution in [1.82, 2.24) is 14.9 Å². The Morgan fingerprint density at radius 2 is 2.11 bits per heavy atom. The highest BCUT2D eigenvalue weighted by atomic mass is 79.9. The molecule has 0 N–H and O–H groups in total. The van der Waals surface area contributed by atoms with Crippen molar-refractivity contribution in [3.05, 3.63) is 16.5 Å². The molecule has 1 saturated carbocycles. The number of rotatable bonds is 4. The molecule has 2 fully saturated rings. The molecule has 3 rings (SSSR count). The van der Waals surface area contributed by atoms with Crippen molar-refractivity contribution in [2.45, 2.75) is 37.6 Å². The summed E-state index contributed by atoms with van der Waals surface area (Å²) in [5.41, 5.74) is 0. The highest BCUT2D eigenvalue weighted by Gasteiger charge is 2.30. The second-order valence-corrected chi connectivity index (χ2v) is 6.75. The lowest BCUT2D eigenvalue weighted by molar-refractivity contribution is 0.371. The first-order valence-electron chi connectivity index (χ1n) is 7.09. The molecule has 5 heteroatoms. The van der Waals surface area contributed by atoms with E-state index in [2.05, 4.69) is 50.9 Å². The van der Waals surface area contributed by atoms with Gasteiger partial charge in [-0.3, -0.25) is 0 Å². The highest BCUT2D eigenvalue weighted by molar-refractivity contribution is 9.10. The van der Waals surface area contributed by atoms with Gasteiger partial charge in [0.2, 0.25) is 0 Å². The first-order valence-corrected chi connectivity index (χ1v) is 7.88. The van der Waals surface area contributed by atoms with Crippen molar-refractivity contribution in [3.63, 3.8) is 0 Å². The first-order chi connectivity index (χ1) is 9.13. The molecular formula is C14H21BrN4. The van der Waals surface area contributed by atoms with Crippen LogP contribution in [-0.2, 0) is 0 Å². The number of nitrogens with zero attached hydrogens (tertiary/aromatic N) is 4. The highest BCUT2D eigenvalue weighted by Crippen LogP contribution is 2.39. The molecule has 1 saturated heterocycles. The monoisotopic (exact) mass is 324 g/mol. The Kier molecular flexibility index (Phi) is 3.76. The van der Waals surface area contributed by atoms with Gasteiger partial charge in [0.25, 0.3) is 0 Å². The maximum atomic E-state index is 4.80. The minimum Gasteiger partial charge on any atom is -0.352 e. The molecule has 1 unspecified atom stereocenters. The van der Waals surface area contributed by atoms with Crippen molar-refractivity contribution < 1.29 is 0 Å². The zero-order chi connectivity index (χ0) is 13.4. The van der Waals surface area contributed by atoms with E-state index in [4.69, 9.17) is 4.98 Å². The van der Waals surface area contributed by atoms with E-state index in [-0.39, 0.29) is 0 Å². The quantitative estimate of drug-likeness (QED) is 0.797. The topological polar surface area (TPSA) is 32.3 Å². The molecule has 0 amide bonds. The summed E-state index contributed by atoms with van der Waals surface area (Å²) in [6, 6.07) is 2.66. The van der Waals surface area contributed by atoms with Crippen molar-refractivity contribution in [2.24, 2.45) is 0 Å². The summed E-state index contributed by atoms with van der Waals surface area (Å²) >= 11 is 3.54. The number of likely N-dealkylation sites (N-methyl/N-ethyl adjacent to an activating group) is 1. The summed E-state index contributed by atoms with van der Waals surface area (Å²) in [7, 11) is 4.28. The molecule has 1 aliphatic heterocycles. The van der Waals surface area contributed by atoms with Gasteiger partial charge in [0.05, 0.1) is 0 Å². The molecule has 0 bridgehead atoms. The van der Waals surface area contributed by atoms with Gasteiger partial charge in [-0.05, 0) is 55.7 Å². The second-order valence-electron chi connectivity index (χ2n) is 5.93. The van der Waals surface area contributed by atoms with Crippen molar-refractivity contribution in [3.8, 4) is 0 Å². The van der Waals surface area contributed by atoms with Crippen molar-refractivity contribution >= 4 is 21.7 Å². The number of aromatic nitrogens is 2. The summed E-state index contributed by atoms with van der Waals surface area (Å²) in [5, 5.41) is 0. The predicted molar refractivity (Wildman–Crippen MR) is 80.6 cm³/mol. The standard InChI is InChI=1S/C14H21BrN4/c1-18(2)9-11-4-3-7-19(11)13-8-12(15)16-14(17-13)10-5-6-10/h8,10-11H,3-7,9H2,1-2H3. The fourth-order valence-electron chi connectivity index (χ4n) is 2.84. The Bertz CT molecular complexity index is 459. The molecule has 2 aliphatic rings. The van der Waals surface area contributed by atoms with E-state index in [1.807, 2.05) is 0 Å². The third-order valence-electron chi connectivity index (χ3n) is 3.89. The van der Waals surface area contributed by atoms with Crippen LogP contribution in [-0.4, -0.2) is 48.1 Å². The summed E-state index contributed by atoms with van der Waals surface area (Å²) in [6.45, 7) is 2.21. The molecule has 0 spiro atoms. The minimum atomic E-state index is 0.587. The van der Waals surface area contributed by atoms with E-state index < -0.39 is 0 Å². The molecular weight excluding hydrogens is 304 g/mol. The minimum absolute atomic E-state index is 0.587. The fraction of sp³-hybridized carbons (Fsp3) is 0.714. The third-order valence-corrected chi connectivity index (χ3v) is 4.29. The van der Waals surface area contributed by atoms with E-state index >= 15 is 0 Å². The van der Waals surface area contributed by atoms with Crippen LogP contribution in [0.3, 0.4) is 0 Å². The smallest absolute Gasteiger partial charge is 0.135 e. The van der Waals surface area contributed by atoms with Gasteiger partial charge in [-0.2, -0.15) is 0 Å². The van der Waals surface area contributed by atoms with Gasteiger partial charge in [0.1, 0.15) is 16.2 Å². The van der Waals surface area contributed by atoms with Crippen LogP contribution in [0.5, 0.6) is 0 Å². The molecule has 1 aromatic heterocycles. The summed E-state index contributed by atoms with van der Waals surface area (Å²) < 4.78 is 0.926. The van der Waals surface area contributed by atoms with Gasteiger partial charge in [0.15, 0.2) is 0 Å². The molecule has 1 aliphatic carbocycles. The Morgan fingerprint density at radius 1 is 1.32 bits per heavy atom. The van der Waals surface area contributed by atoms with Gasteiger partial charge in [0, 0.05) is 31.1 Å². The van der Waals surface area contributed by atoms with Crippen LogP contribution in [0.1, 0.15) is 37.4 Å². The summed E-state index contributed by atoms with van der Waals surface area (Å²) in [6.07, 6.45) is 5.02. The van der Waals surface area contributed by atoms with Crippen LogP contribution in [0.4, 0.5) is 5.82 Å². The van der Waals surface area contributed by atoms with Crippen molar-refractivity contribution in [2.75, 3.05) is 32.1 Å². The average molecular weight is 325 g/mol. The Hall–Kier alpha value is -0.680. The lowest BCUT2D eigenvalue weighted by Crippen LogP contribution is -2.38. The first kappa shape index (κ1) is 13.3. The van der Waals surface area contributed by atoms with E-state index in [0.717, 1.165) is 29.3 Å². The van der Waals surface area contributed by atoms with Crippen LogP contribution in [0.25, 0.3) is 0 Å². The van der Waals surface area contributed by atoms with E-state index in [1.54, 1.807) is 0 Å². The van der Waals surface area contributed by atoms with Crippen LogP contribution in [0, 0.1) is 0 Å². The number of hydrogen-bond donors (Lipinski definition) is 0. The van der Waals surface area contributed by atoms with Gasteiger partial charge in [-0.1, -0.05) is 0 Å². The molecule has 4 nitrogen and oxygen atoms in total. The second kappa shape index (κ2) is 5.37. The lowest BCUT2D eigenvalue weighted by atomic mass is 10.2. The number of halogens is 1. The maximum absolute atomic E-state index is 4.80. The van der Waals surface area contributed by atoms with E-state index in [9.17, 15) is 0 Å². The van der Waals surface area contributed by atoms with E-state index in [1.165, 1.54) is 25.7 Å². The molecule has 19 heavy (non-hydrogen) atoms. The van der Waals surface area contributed by atoms with Gasteiger partial charge in [-0.15, -0.1) is 0 Å². The van der Waals surface area contributed by atoms with Gasteiger partial charge >= 0.3 is 0 Å². The Balaban J connectivity index is 1.83. The van der Waals surface area contributed by atoms with Gasteiger partial charge < -0.3 is 9.80 Å². The zero-order valence-electron chi connectivity index (χ0n) is 11.6. The molecule has 1 atom stereocenters. The molecule has 0 radical (unpaired) electrons. The molecule has 104 valence electrons. The summed E-state index contributed by atoms with van der Waals surface area (Å²) in [5.74, 6) is 2.74. The normalized spacial score (nSPS) is 23.4. The molecule has 0 aromatic carbocycles. The zero-order valence-corrected chi connectivity index (χ0v) is 13.2. The largest absolute Gasteiger partial charge is 0.352 e.